The lowest BCUT2D eigenvalue weighted by atomic mass is 10.1. The summed E-state index contributed by atoms with van der Waals surface area (Å²) < 4.78 is 43.7. The first-order valence-electron chi connectivity index (χ1n) is 9.25. The Morgan fingerprint density at radius 3 is 2.52 bits per heavy atom. The number of alkyl halides is 3. The third-order valence-electron chi connectivity index (χ3n) is 4.71. The molecule has 0 aromatic heterocycles. The van der Waals surface area contributed by atoms with E-state index in [4.69, 9.17) is 16.3 Å². The van der Waals surface area contributed by atoms with Crippen LogP contribution in [-0.4, -0.2) is 30.9 Å². The Balaban J connectivity index is 1.54. The molecule has 1 fully saturated rings. The standard InChI is InChI=1S/C21H18ClF3N2O4/c1-12-2-5-15(6-3-12)27-10-13(8-19(27)29)20(30)31-11-18(28)26-14-4-7-17(22)16(9-14)21(23,24)25/h2-7,9,13H,8,10-11H2,1H3,(H,26,28)/t13-/m0/s1. The second kappa shape index (κ2) is 8.97. The van der Waals surface area contributed by atoms with E-state index in [9.17, 15) is 27.6 Å². The van der Waals surface area contributed by atoms with E-state index in [1.54, 1.807) is 12.1 Å². The number of benzene rings is 2. The van der Waals surface area contributed by atoms with Crippen LogP contribution in [0.3, 0.4) is 0 Å². The number of nitrogens with one attached hydrogen (secondary N) is 1. The summed E-state index contributed by atoms with van der Waals surface area (Å²) in [4.78, 5) is 37.9. The fourth-order valence-electron chi connectivity index (χ4n) is 3.11. The van der Waals surface area contributed by atoms with Gasteiger partial charge in [-0.1, -0.05) is 29.3 Å². The first-order valence-corrected chi connectivity index (χ1v) is 9.62. The van der Waals surface area contributed by atoms with Crippen LogP contribution in [-0.2, 0) is 25.3 Å². The SMILES string of the molecule is Cc1ccc(N2C[C@@H](C(=O)OCC(=O)Nc3ccc(Cl)c(C(F)(F)F)c3)CC2=O)cc1. The minimum atomic E-state index is -4.68. The molecule has 1 aliphatic heterocycles. The van der Waals surface area contributed by atoms with Crippen LogP contribution in [0.2, 0.25) is 5.02 Å². The molecule has 3 rings (SSSR count). The lowest BCUT2D eigenvalue weighted by molar-refractivity contribution is -0.151. The first kappa shape index (κ1) is 22.6. The molecule has 6 nitrogen and oxygen atoms in total. The number of aryl methyl sites for hydroxylation is 1. The van der Waals surface area contributed by atoms with Crippen LogP contribution in [0, 0.1) is 12.8 Å². The van der Waals surface area contributed by atoms with Crippen molar-refractivity contribution in [1.82, 2.24) is 0 Å². The van der Waals surface area contributed by atoms with Crippen molar-refractivity contribution < 1.29 is 32.3 Å². The summed E-state index contributed by atoms with van der Waals surface area (Å²) in [6, 6.07) is 10.1. The van der Waals surface area contributed by atoms with Crippen LogP contribution < -0.4 is 10.2 Å². The van der Waals surface area contributed by atoms with Crippen molar-refractivity contribution in [2.24, 2.45) is 5.92 Å². The zero-order chi connectivity index (χ0) is 22.8. The molecule has 0 spiro atoms. The van der Waals surface area contributed by atoms with Crippen LogP contribution in [0.5, 0.6) is 0 Å². The summed E-state index contributed by atoms with van der Waals surface area (Å²) in [5.41, 5.74) is 0.455. The number of hydrogen-bond donors (Lipinski definition) is 1. The minimum Gasteiger partial charge on any atom is -0.455 e. The molecular weight excluding hydrogens is 437 g/mol. The second-order valence-electron chi connectivity index (χ2n) is 7.09. The number of amides is 2. The van der Waals surface area contributed by atoms with Gasteiger partial charge in [-0.15, -0.1) is 0 Å². The van der Waals surface area contributed by atoms with Gasteiger partial charge in [0.1, 0.15) is 0 Å². The van der Waals surface area contributed by atoms with E-state index in [0.717, 1.165) is 11.6 Å². The largest absolute Gasteiger partial charge is 0.455 e. The molecule has 1 atom stereocenters. The topological polar surface area (TPSA) is 75.7 Å². The summed E-state index contributed by atoms with van der Waals surface area (Å²) >= 11 is 5.53. The number of esters is 1. The molecule has 0 aliphatic carbocycles. The number of anilines is 2. The third kappa shape index (κ3) is 5.55. The highest BCUT2D eigenvalue weighted by Gasteiger charge is 2.36. The van der Waals surface area contributed by atoms with Crippen molar-refractivity contribution in [3.63, 3.8) is 0 Å². The predicted octanol–water partition coefficient (Wildman–Crippen LogP) is 4.20. The number of carbonyl (C=O) groups excluding carboxylic acids is 3. The zero-order valence-electron chi connectivity index (χ0n) is 16.3. The minimum absolute atomic E-state index is 0.0551. The van der Waals surface area contributed by atoms with E-state index >= 15 is 0 Å². The van der Waals surface area contributed by atoms with Gasteiger partial charge in [-0.05, 0) is 37.3 Å². The van der Waals surface area contributed by atoms with Gasteiger partial charge in [0.25, 0.3) is 5.91 Å². The van der Waals surface area contributed by atoms with Crippen molar-refractivity contribution in [2.75, 3.05) is 23.4 Å². The van der Waals surface area contributed by atoms with Crippen molar-refractivity contribution in [2.45, 2.75) is 19.5 Å². The van der Waals surface area contributed by atoms with Gasteiger partial charge in [0.05, 0.1) is 16.5 Å². The number of rotatable bonds is 5. The van der Waals surface area contributed by atoms with Crippen molar-refractivity contribution in [1.29, 1.82) is 0 Å². The molecule has 10 heteroatoms. The highest BCUT2D eigenvalue weighted by atomic mass is 35.5. The summed E-state index contributed by atoms with van der Waals surface area (Å²) in [5.74, 6) is -2.53. The van der Waals surface area contributed by atoms with Gasteiger partial charge in [0, 0.05) is 24.3 Å². The molecule has 0 bridgehead atoms. The maximum absolute atomic E-state index is 12.9. The molecule has 164 valence electrons. The van der Waals surface area contributed by atoms with Crippen LogP contribution in [0.4, 0.5) is 24.5 Å². The summed E-state index contributed by atoms with van der Waals surface area (Å²) in [6.45, 7) is 1.33. The molecule has 0 unspecified atom stereocenters. The molecular formula is C21H18ClF3N2O4. The van der Waals surface area contributed by atoms with Gasteiger partial charge in [-0.25, -0.2) is 0 Å². The Hall–Kier alpha value is -3.07. The Morgan fingerprint density at radius 2 is 1.87 bits per heavy atom. The van der Waals surface area contributed by atoms with E-state index in [2.05, 4.69) is 5.32 Å². The van der Waals surface area contributed by atoms with E-state index in [0.29, 0.717) is 11.8 Å². The molecule has 2 aromatic carbocycles. The van der Waals surface area contributed by atoms with Gasteiger partial charge >= 0.3 is 12.1 Å². The molecule has 31 heavy (non-hydrogen) atoms. The molecule has 1 N–H and O–H groups in total. The number of carbonyl (C=O) groups is 3. The van der Waals surface area contributed by atoms with Crippen molar-refractivity contribution in [3.05, 3.63) is 58.6 Å². The Labute approximate surface area is 180 Å². The maximum atomic E-state index is 12.9. The second-order valence-corrected chi connectivity index (χ2v) is 7.50. The van der Waals surface area contributed by atoms with Crippen LogP contribution in [0.1, 0.15) is 17.5 Å². The van der Waals surface area contributed by atoms with Crippen molar-refractivity contribution >= 4 is 40.8 Å². The summed E-state index contributed by atoms with van der Waals surface area (Å²) in [6.07, 6.45) is -4.73. The Morgan fingerprint density at radius 1 is 1.19 bits per heavy atom. The summed E-state index contributed by atoms with van der Waals surface area (Å²) in [5, 5.41) is 1.72. The highest BCUT2D eigenvalue weighted by molar-refractivity contribution is 6.31. The van der Waals surface area contributed by atoms with Gasteiger partial charge in [0.2, 0.25) is 5.91 Å². The maximum Gasteiger partial charge on any atom is 0.417 e. The van der Waals surface area contributed by atoms with Crippen molar-refractivity contribution in [3.8, 4) is 0 Å². The van der Waals surface area contributed by atoms with Crippen LogP contribution in [0.15, 0.2) is 42.5 Å². The Bertz CT molecular complexity index is 1010. The number of nitrogens with zero attached hydrogens (tertiary/aromatic N) is 1. The monoisotopic (exact) mass is 454 g/mol. The first-order chi connectivity index (χ1) is 14.5. The lowest BCUT2D eigenvalue weighted by Gasteiger charge is -2.16. The zero-order valence-corrected chi connectivity index (χ0v) is 17.1. The number of halogens is 4. The third-order valence-corrected chi connectivity index (χ3v) is 5.03. The lowest BCUT2D eigenvalue weighted by Crippen LogP contribution is -2.28. The summed E-state index contributed by atoms with van der Waals surface area (Å²) in [7, 11) is 0. The van der Waals surface area contributed by atoms with E-state index in [1.165, 1.54) is 11.0 Å². The highest BCUT2D eigenvalue weighted by Crippen LogP contribution is 2.36. The average Bonchev–Trinajstić information content (AvgIpc) is 3.09. The van der Waals surface area contributed by atoms with Gasteiger partial charge in [-0.3, -0.25) is 14.4 Å². The molecule has 0 radical (unpaired) electrons. The quantitative estimate of drug-likeness (QED) is 0.687. The molecule has 1 aliphatic rings. The normalized spacial score (nSPS) is 16.4. The fraction of sp³-hybridized carbons (Fsp3) is 0.286. The van der Waals surface area contributed by atoms with Gasteiger partial charge in [0.15, 0.2) is 6.61 Å². The molecule has 2 amide bonds. The predicted molar refractivity (Wildman–Crippen MR) is 108 cm³/mol. The molecule has 0 saturated carbocycles. The smallest absolute Gasteiger partial charge is 0.417 e. The fourth-order valence-corrected chi connectivity index (χ4v) is 3.34. The van der Waals surface area contributed by atoms with Crippen LogP contribution >= 0.6 is 11.6 Å². The number of ether oxygens (including phenoxy) is 1. The Kier molecular flexibility index (Phi) is 6.54. The molecule has 1 heterocycles. The van der Waals surface area contributed by atoms with Gasteiger partial charge in [-0.2, -0.15) is 13.2 Å². The van der Waals surface area contributed by atoms with Crippen LogP contribution in [0.25, 0.3) is 0 Å². The van der Waals surface area contributed by atoms with E-state index in [1.807, 2.05) is 19.1 Å². The van der Waals surface area contributed by atoms with E-state index < -0.39 is 41.2 Å². The van der Waals surface area contributed by atoms with Gasteiger partial charge < -0.3 is 15.0 Å². The molecule has 1 saturated heterocycles. The number of hydrogen-bond acceptors (Lipinski definition) is 4. The molecule has 2 aromatic rings. The average molecular weight is 455 g/mol. The van der Waals surface area contributed by atoms with E-state index in [-0.39, 0.29) is 24.6 Å².